The summed E-state index contributed by atoms with van der Waals surface area (Å²) in [5.41, 5.74) is 0. The zero-order valence-corrected chi connectivity index (χ0v) is 4.79. The van der Waals surface area contributed by atoms with Crippen molar-refractivity contribution >= 4 is 5.97 Å². The van der Waals surface area contributed by atoms with Crippen molar-refractivity contribution in [2.24, 2.45) is 5.90 Å². The van der Waals surface area contributed by atoms with Gasteiger partial charge in [-0.3, -0.25) is 4.79 Å². The number of carboxylic acids is 1. The normalized spacial score (nSPS) is 6.88. The number of carboxylic acid groups (broad SMARTS) is 1. The van der Waals surface area contributed by atoms with Crippen LogP contribution in [-0.4, -0.2) is 16.3 Å². The molecule has 0 unspecified atom stereocenters. The first-order valence-electron chi connectivity index (χ1n) is 2.25. The minimum Gasteiger partial charge on any atom is -0.481 e. The molecule has 0 saturated carbocycles. The monoisotopic (exact) mass is 121 g/mol. The molecule has 0 aromatic heterocycles. The summed E-state index contributed by atoms with van der Waals surface area (Å²) in [6.07, 6.45) is 1.02. The molecule has 4 nitrogen and oxygen atoms in total. The minimum atomic E-state index is -0.711. The maximum absolute atomic E-state index is 9.60. The van der Waals surface area contributed by atoms with Crippen LogP contribution in [0, 0.1) is 0 Å². The van der Waals surface area contributed by atoms with E-state index in [1.807, 2.05) is 6.92 Å². The quantitative estimate of drug-likeness (QED) is 0.456. The van der Waals surface area contributed by atoms with Gasteiger partial charge in [0.1, 0.15) is 0 Å². The van der Waals surface area contributed by atoms with Gasteiger partial charge in [-0.25, -0.2) is 5.90 Å². The molecule has 0 fully saturated rings. The molecule has 4 heteroatoms. The predicted molar refractivity (Wildman–Crippen MR) is 28.5 cm³/mol. The molecule has 0 atom stereocenters. The Hall–Kier alpha value is -0.610. The number of hydrogen-bond acceptors (Lipinski definition) is 3. The van der Waals surface area contributed by atoms with Crippen molar-refractivity contribution in [2.75, 3.05) is 0 Å². The molecule has 0 heterocycles. The average Bonchev–Trinajstić information content (AvgIpc) is 1.72. The number of rotatable bonds is 2. The van der Waals surface area contributed by atoms with Gasteiger partial charge in [-0.1, -0.05) is 6.92 Å². The van der Waals surface area contributed by atoms with Gasteiger partial charge in [0.25, 0.3) is 0 Å². The van der Waals surface area contributed by atoms with E-state index in [9.17, 15) is 4.79 Å². The summed E-state index contributed by atoms with van der Waals surface area (Å²) in [7, 11) is 0. The maximum atomic E-state index is 9.60. The van der Waals surface area contributed by atoms with E-state index in [0.717, 1.165) is 6.42 Å². The van der Waals surface area contributed by atoms with Crippen molar-refractivity contribution in [1.29, 1.82) is 0 Å². The maximum Gasteiger partial charge on any atom is 0.303 e. The summed E-state index contributed by atoms with van der Waals surface area (Å²) in [5, 5.41) is 14.4. The van der Waals surface area contributed by atoms with Crippen LogP contribution in [0.3, 0.4) is 0 Å². The van der Waals surface area contributed by atoms with Crippen LogP contribution in [-0.2, 0) is 4.79 Å². The molecule has 0 aliphatic heterocycles. The van der Waals surface area contributed by atoms with Crippen LogP contribution < -0.4 is 5.90 Å². The first kappa shape index (κ1) is 10.4. The van der Waals surface area contributed by atoms with Gasteiger partial charge >= 0.3 is 5.97 Å². The Morgan fingerprint density at radius 2 is 2.00 bits per heavy atom. The molecule has 4 N–H and O–H groups in total. The van der Waals surface area contributed by atoms with E-state index in [2.05, 4.69) is 5.90 Å². The number of aliphatic carboxylic acids is 1. The Kier molecular flexibility index (Phi) is 12.5. The van der Waals surface area contributed by atoms with Crippen molar-refractivity contribution in [2.45, 2.75) is 19.8 Å². The molecule has 8 heavy (non-hydrogen) atoms. The van der Waals surface area contributed by atoms with Gasteiger partial charge in [-0.05, 0) is 6.42 Å². The first-order chi connectivity index (χ1) is 3.77. The van der Waals surface area contributed by atoms with E-state index in [4.69, 9.17) is 10.3 Å². The highest BCUT2D eigenvalue weighted by molar-refractivity contribution is 5.66. The van der Waals surface area contributed by atoms with Crippen LogP contribution in [0.25, 0.3) is 0 Å². The molecular weight excluding hydrogens is 110 g/mol. The zero-order chi connectivity index (χ0) is 6.99. The molecule has 0 aromatic rings. The Labute approximate surface area is 47.9 Å². The smallest absolute Gasteiger partial charge is 0.303 e. The number of nitrogens with two attached hydrogens (primary N) is 1. The lowest BCUT2D eigenvalue weighted by molar-refractivity contribution is -0.137. The predicted octanol–water partition coefficient (Wildman–Crippen LogP) is 0.205. The fraction of sp³-hybridized carbons (Fsp3) is 0.750. The lowest BCUT2D eigenvalue weighted by atomic mass is 10.4. The highest BCUT2D eigenvalue weighted by Gasteiger charge is 1.87. The molecule has 0 rings (SSSR count). The van der Waals surface area contributed by atoms with Gasteiger partial charge in [-0.15, -0.1) is 0 Å². The number of hydrogen-bond donors (Lipinski definition) is 3. The van der Waals surface area contributed by atoms with Crippen LogP contribution in [0.15, 0.2) is 0 Å². The molecular formula is C4H11NO3. The lowest BCUT2D eigenvalue weighted by Crippen LogP contribution is -1.90. The molecule has 0 bridgehead atoms. The molecule has 0 spiro atoms. The van der Waals surface area contributed by atoms with Crippen LogP contribution in [0.2, 0.25) is 0 Å². The second-order valence-electron chi connectivity index (χ2n) is 1.14. The van der Waals surface area contributed by atoms with E-state index in [1.165, 1.54) is 0 Å². The fourth-order valence-corrected chi connectivity index (χ4v) is 0.214. The average molecular weight is 121 g/mol. The van der Waals surface area contributed by atoms with E-state index in [0.29, 0.717) is 6.42 Å². The van der Waals surface area contributed by atoms with E-state index < -0.39 is 5.97 Å². The van der Waals surface area contributed by atoms with Gasteiger partial charge in [-0.2, -0.15) is 0 Å². The number of carbonyl (C=O) groups is 1. The topological polar surface area (TPSA) is 83.5 Å². The summed E-state index contributed by atoms with van der Waals surface area (Å²) in [6, 6.07) is 0. The van der Waals surface area contributed by atoms with Crippen molar-refractivity contribution in [3.05, 3.63) is 0 Å². The summed E-state index contributed by atoms with van der Waals surface area (Å²) >= 11 is 0. The lowest BCUT2D eigenvalue weighted by Gasteiger charge is -1.79. The van der Waals surface area contributed by atoms with Gasteiger partial charge in [0.2, 0.25) is 0 Å². The second-order valence-corrected chi connectivity index (χ2v) is 1.14. The molecule has 50 valence electrons. The Bertz CT molecular complexity index is 55.2. The van der Waals surface area contributed by atoms with Crippen molar-refractivity contribution in [3.8, 4) is 0 Å². The molecule has 0 aliphatic carbocycles. The van der Waals surface area contributed by atoms with E-state index >= 15 is 0 Å². The molecule has 0 aromatic carbocycles. The SMILES string of the molecule is CCCC(=O)O.NO. The van der Waals surface area contributed by atoms with Gasteiger partial charge < -0.3 is 10.3 Å². The van der Waals surface area contributed by atoms with Crippen LogP contribution in [0.1, 0.15) is 19.8 Å². The third kappa shape index (κ3) is 18.2. The van der Waals surface area contributed by atoms with E-state index in [-0.39, 0.29) is 0 Å². The second kappa shape index (κ2) is 9.63. The van der Waals surface area contributed by atoms with Crippen LogP contribution >= 0.6 is 0 Å². The van der Waals surface area contributed by atoms with Gasteiger partial charge in [0.05, 0.1) is 0 Å². The Morgan fingerprint density at radius 1 is 1.62 bits per heavy atom. The zero-order valence-electron chi connectivity index (χ0n) is 4.79. The third-order valence-electron chi connectivity index (χ3n) is 0.464. The highest BCUT2D eigenvalue weighted by atomic mass is 16.4. The fourth-order valence-electron chi connectivity index (χ4n) is 0.214. The summed E-state index contributed by atoms with van der Waals surface area (Å²) in [5.74, 6) is 2.79. The van der Waals surface area contributed by atoms with Gasteiger partial charge in [0, 0.05) is 6.42 Å². The summed E-state index contributed by atoms with van der Waals surface area (Å²) in [4.78, 5) is 9.60. The molecule has 0 saturated heterocycles. The molecule has 0 amide bonds. The van der Waals surface area contributed by atoms with Gasteiger partial charge in [0.15, 0.2) is 0 Å². The summed E-state index contributed by atoms with van der Waals surface area (Å²) < 4.78 is 0. The Balaban J connectivity index is 0. The minimum absolute atomic E-state index is 0.292. The first-order valence-corrected chi connectivity index (χ1v) is 2.25. The largest absolute Gasteiger partial charge is 0.481 e. The van der Waals surface area contributed by atoms with Crippen molar-refractivity contribution in [3.63, 3.8) is 0 Å². The summed E-state index contributed by atoms with van der Waals surface area (Å²) in [6.45, 7) is 1.84. The third-order valence-corrected chi connectivity index (χ3v) is 0.464. The molecule has 0 radical (unpaired) electrons. The van der Waals surface area contributed by atoms with Crippen LogP contribution in [0.4, 0.5) is 0 Å². The highest BCUT2D eigenvalue weighted by Crippen LogP contribution is 1.82. The van der Waals surface area contributed by atoms with Crippen molar-refractivity contribution < 1.29 is 15.1 Å². The van der Waals surface area contributed by atoms with Crippen LogP contribution in [0.5, 0.6) is 0 Å². The van der Waals surface area contributed by atoms with Crippen molar-refractivity contribution in [1.82, 2.24) is 0 Å². The standard InChI is InChI=1S/C4H8O2.H3NO/c1-2-3-4(5)6;1-2/h2-3H2,1H3,(H,5,6);2H,1H2. The Morgan fingerprint density at radius 3 is 2.00 bits per heavy atom. The molecule has 0 aliphatic rings. The van der Waals surface area contributed by atoms with E-state index in [1.54, 1.807) is 0 Å².